The summed E-state index contributed by atoms with van der Waals surface area (Å²) in [7, 11) is 0. The first-order valence-corrected chi connectivity index (χ1v) is 8.79. The Balaban J connectivity index is 1.78. The van der Waals surface area contributed by atoms with E-state index in [4.69, 9.17) is 16.3 Å². The highest BCUT2D eigenvalue weighted by atomic mass is 35.5. The number of aromatic nitrogens is 1. The molecule has 2 heterocycles. The number of piperidine rings is 1. The lowest BCUT2D eigenvalue weighted by atomic mass is 10.1. The predicted molar refractivity (Wildman–Crippen MR) is 91.2 cm³/mol. The van der Waals surface area contributed by atoms with Crippen LogP contribution in [0.15, 0.2) is 12.1 Å². The van der Waals surface area contributed by atoms with E-state index in [-0.39, 0.29) is 22.7 Å². The molecule has 2 amide bonds. The summed E-state index contributed by atoms with van der Waals surface area (Å²) in [5, 5.41) is 2.22. The normalized spacial score (nSPS) is 24.4. The molecule has 6 nitrogen and oxygen atoms in total. The van der Waals surface area contributed by atoms with Crippen LogP contribution < -0.4 is 5.32 Å². The Morgan fingerprint density at radius 2 is 1.96 bits per heavy atom. The fourth-order valence-electron chi connectivity index (χ4n) is 3.19. The van der Waals surface area contributed by atoms with Gasteiger partial charge in [0.1, 0.15) is 17.3 Å². The largest absolute Gasteiger partial charge is 0.444 e. The van der Waals surface area contributed by atoms with E-state index >= 15 is 0 Å². The van der Waals surface area contributed by atoms with Gasteiger partial charge in [-0.2, -0.15) is 13.2 Å². The quantitative estimate of drug-likeness (QED) is 0.808. The molecule has 0 bridgehead atoms. The van der Waals surface area contributed by atoms with Gasteiger partial charge in [0, 0.05) is 6.54 Å². The van der Waals surface area contributed by atoms with E-state index in [1.165, 1.54) is 4.90 Å². The second-order valence-electron chi connectivity index (χ2n) is 7.75. The van der Waals surface area contributed by atoms with Crippen molar-refractivity contribution in [1.82, 2.24) is 9.88 Å². The third-order valence-corrected chi connectivity index (χ3v) is 4.73. The summed E-state index contributed by atoms with van der Waals surface area (Å²) in [6.07, 6.45) is -4.51. The molecule has 0 unspecified atom stereocenters. The molecule has 1 aliphatic heterocycles. The molecule has 0 spiro atoms. The molecular weight excluding hydrogens is 387 g/mol. The first-order valence-electron chi connectivity index (χ1n) is 8.41. The predicted octanol–water partition coefficient (Wildman–Crippen LogP) is 3.95. The van der Waals surface area contributed by atoms with Gasteiger partial charge >= 0.3 is 12.3 Å². The van der Waals surface area contributed by atoms with Gasteiger partial charge in [-0.3, -0.25) is 9.69 Å². The number of hydrogen-bond donors (Lipinski definition) is 1. The lowest BCUT2D eigenvalue weighted by molar-refractivity contribution is -0.141. The molecule has 1 N–H and O–H groups in total. The standard InChI is InChI=1S/C17H19ClF3N3O3/c1-16(2,3)27-15(26)24-7-8-6-9(8)12(24)14(25)23-13-10(18)4-5-11(22-13)17(19,20)21/h4-5,8-9,12H,6-7H2,1-3H3,(H,22,23,25)/t8-,9-,12+/m1/s1. The van der Waals surface area contributed by atoms with Crippen molar-refractivity contribution in [3.8, 4) is 0 Å². The van der Waals surface area contributed by atoms with Crippen LogP contribution in [-0.4, -0.2) is 40.1 Å². The number of fused-ring (bicyclic) bond motifs is 1. The van der Waals surface area contributed by atoms with Gasteiger partial charge in [0.25, 0.3) is 0 Å². The molecule has 148 valence electrons. The van der Waals surface area contributed by atoms with Crippen molar-refractivity contribution < 1.29 is 27.5 Å². The second kappa shape index (κ2) is 6.54. The van der Waals surface area contributed by atoms with Crippen molar-refractivity contribution in [3.63, 3.8) is 0 Å². The van der Waals surface area contributed by atoms with Gasteiger partial charge in [-0.05, 0) is 51.2 Å². The number of hydrogen-bond acceptors (Lipinski definition) is 4. The van der Waals surface area contributed by atoms with Crippen LogP contribution in [0.25, 0.3) is 0 Å². The monoisotopic (exact) mass is 405 g/mol. The van der Waals surface area contributed by atoms with Crippen molar-refractivity contribution in [3.05, 3.63) is 22.8 Å². The Morgan fingerprint density at radius 1 is 1.30 bits per heavy atom. The highest BCUT2D eigenvalue weighted by Crippen LogP contribution is 2.50. The topological polar surface area (TPSA) is 71.5 Å². The Morgan fingerprint density at radius 3 is 2.56 bits per heavy atom. The number of halogens is 4. The smallest absolute Gasteiger partial charge is 0.433 e. The Labute approximate surface area is 159 Å². The number of carbonyl (C=O) groups excluding carboxylic acids is 2. The van der Waals surface area contributed by atoms with Gasteiger partial charge in [0.05, 0.1) is 5.02 Å². The van der Waals surface area contributed by atoms with Crippen LogP contribution in [0, 0.1) is 11.8 Å². The van der Waals surface area contributed by atoms with E-state index in [2.05, 4.69) is 10.3 Å². The summed E-state index contributed by atoms with van der Waals surface area (Å²) in [4.78, 5) is 29.8. The van der Waals surface area contributed by atoms with Crippen LogP contribution in [0.4, 0.5) is 23.8 Å². The molecule has 10 heteroatoms. The van der Waals surface area contributed by atoms with Crippen LogP contribution in [-0.2, 0) is 15.7 Å². The molecule has 0 radical (unpaired) electrons. The van der Waals surface area contributed by atoms with Crippen LogP contribution >= 0.6 is 11.6 Å². The molecule has 1 saturated heterocycles. The van der Waals surface area contributed by atoms with Gasteiger partial charge in [0.15, 0.2) is 5.82 Å². The molecule has 1 aromatic rings. The van der Waals surface area contributed by atoms with Crippen molar-refractivity contribution in [2.75, 3.05) is 11.9 Å². The average Bonchev–Trinajstić information content (AvgIpc) is 3.16. The molecule has 0 aromatic carbocycles. The zero-order valence-corrected chi connectivity index (χ0v) is 15.7. The van der Waals surface area contributed by atoms with E-state index in [0.717, 1.165) is 18.6 Å². The number of ether oxygens (including phenoxy) is 1. The lowest BCUT2D eigenvalue weighted by Crippen LogP contribution is -2.47. The van der Waals surface area contributed by atoms with Crippen molar-refractivity contribution in [2.45, 2.75) is 45.0 Å². The highest BCUT2D eigenvalue weighted by Gasteiger charge is 2.57. The summed E-state index contributed by atoms with van der Waals surface area (Å²) in [6.45, 7) is 5.51. The minimum atomic E-state index is -4.67. The minimum Gasteiger partial charge on any atom is -0.444 e. The maximum absolute atomic E-state index is 12.8. The summed E-state index contributed by atoms with van der Waals surface area (Å²) >= 11 is 5.88. The van der Waals surface area contributed by atoms with E-state index in [1.54, 1.807) is 20.8 Å². The molecular formula is C17H19ClF3N3O3. The summed E-state index contributed by atoms with van der Waals surface area (Å²) < 4.78 is 43.9. The van der Waals surface area contributed by atoms with Crippen LogP contribution in [0.1, 0.15) is 32.9 Å². The fourth-order valence-corrected chi connectivity index (χ4v) is 3.34. The molecule has 27 heavy (non-hydrogen) atoms. The number of anilines is 1. The SMILES string of the molecule is CC(C)(C)OC(=O)N1C[C@H]2C[C@H]2[C@H]1C(=O)Nc1nc(C(F)(F)F)ccc1Cl. The van der Waals surface area contributed by atoms with Crippen molar-refractivity contribution in [2.24, 2.45) is 11.8 Å². The third-order valence-electron chi connectivity index (χ3n) is 4.42. The zero-order chi connectivity index (χ0) is 20.1. The Hall–Kier alpha value is -2.03. The molecule has 3 rings (SSSR count). The van der Waals surface area contributed by atoms with Crippen LogP contribution in [0.3, 0.4) is 0 Å². The van der Waals surface area contributed by atoms with E-state index in [0.29, 0.717) is 6.54 Å². The van der Waals surface area contributed by atoms with Crippen LogP contribution in [0.2, 0.25) is 5.02 Å². The Kier molecular flexibility index (Phi) is 4.78. The first-order chi connectivity index (χ1) is 12.4. The third kappa shape index (κ3) is 4.28. The maximum atomic E-state index is 12.8. The number of amides is 2. The molecule has 1 aromatic heterocycles. The van der Waals surface area contributed by atoms with Gasteiger partial charge in [-0.25, -0.2) is 9.78 Å². The Bertz CT molecular complexity index is 779. The molecule has 2 aliphatic rings. The number of rotatable bonds is 2. The second-order valence-corrected chi connectivity index (χ2v) is 8.16. The lowest BCUT2D eigenvalue weighted by Gasteiger charge is -2.29. The zero-order valence-electron chi connectivity index (χ0n) is 14.9. The number of nitrogens with zero attached hydrogens (tertiary/aromatic N) is 2. The number of likely N-dealkylation sites (tertiary alicyclic amines) is 1. The number of pyridine rings is 1. The number of alkyl halides is 3. The van der Waals surface area contributed by atoms with E-state index in [9.17, 15) is 22.8 Å². The maximum Gasteiger partial charge on any atom is 0.433 e. The highest BCUT2D eigenvalue weighted by molar-refractivity contribution is 6.33. The number of carbonyl (C=O) groups is 2. The van der Waals surface area contributed by atoms with Gasteiger partial charge in [0.2, 0.25) is 5.91 Å². The molecule has 1 saturated carbocycles. The van der Waals surface area contributed by atoms with E-state index < -0.39 is 35.5 Å². The van der Waals surface area contributed by atoms with E-state index in [1.807, 2.05) is 0 Å². The molecule has 3 atom stereocenters. The van der Waals surface area contributed by atoms with Gasteiger partial charge in [-0.1, -0.05) is 11.6 Å². The first kappa shape index (κ1) is 19.7. The molecule has 2 fully saturated rings. The summed E-state index contributed by atoms with van der Waals surface area (Å²) in [5.74, 6) is -0.857. The minimum absolute atomic E-state index is 0.0397. The molecule has 1 aliphatic carbocycles. The van der Waals surface area contributed by atoms with Crippen molar-refractivity contribution >= 4 is 29.4 Å². The summed E-state index contributed by atoms with van der Waals surface area (Å²) in [5.41, 5.74) is -1.89. The van der Waals surface area contributed by atoms with Gasteiger partial charge < -0.3 is 10.1 Å². The number of nitrogens with one attached hydrogen (secondary N) is 1. The van der Waals surface area contributed by atoms with Gasteiger partial charge in [-0.15, -0.1) is 0 Å². The summed E-state index contributed by atoms with van der Waals surface area (Å²) in [6, 6.07) is 0.933. The fraction of sp³-hybridized carbons (Fsp3) is 0.588. The van der Waals surface area contributed by atoms with Crippen molar-refractivity contribution in [1.29, 1.82) is 0 Å². The average molecular weight is 406 g/mol. The van der Waals surface area contributed by atoms with Crippen LogP contribution in [0.5, 0.6) is 0 Å².